The monoisotopic (exact) mass is 263 g/mol. The average Bonchev–Trinajstić information content (AvgIpc) is 3.22. The van der Waals surface area contributed by atoms with Gasteiger partial charge in [0.2, 0.25) is 0 Å². The summed E-state index contributed by atoms with van der Waals surface area (Å²) in [5.41, 5.74) is 0.229. The van der Waals surface area contributed by atoms with Crippen LogP contribution in [-0.2, 0) is 0 Å². The van der Waals surface area contributed by atoms with Crippen LogP contribution in [0, 0.1) is 5.92 Å². The quantitative estimate of drug-likeness (QED) is 0.783. The molecule has 0 amide bonds. The first-order chi connectivity index (χ1) is 9.20. The highest BCUT2D eigenvalue weighted by molar-refractivity contribution is 5.90. The number of nitrogens with zero attached hydrogens (tertiary/aromatic N) is 1. The zero-order valence-electron chi connectivity index (χ0n) is 11.3. The number of para-hydroxylation sites is 1. The van der Waals surface area contributed by atoms with E-state index in [-0.39, 0.29) is 5.56 Å². The van der Waals surface area contributed by atoms with Crippen LogP contribution in [0.1, 0.15) is 30.1 Å². The van der Waals surface area contributed by atoms with Crippen molar-refractivity contribution in [1.82, 2.24) is 4.90 Å². The molecule has 0 aliphatic heterocycles. The van der Waals surface area contributed by atoms with Gasteiger partial charge in [-0.3, -0.25) is 4.90 Å². The summed E-state index contributed by atoms with van der Waals surface area (Å²) in [6, 6.07) is 6.78. The maximum absolute atomic E-state index is 11.0. The minimum absolute atomic E-state index is 0.229. The molecule has 1 N–H and O–H groups in total. The van der Waals surface area contributed by atoms with Crippen molar-refractivity contribution in [3.8, 4) is 5.75 Å². The normalized spacial score (nSPS) is 14.6. The van der Waals surface area contributed by atoms with Gasteiger partial charge in [-0.1, -0.05) is 19.1 Å². The predicted octanol–water partition coefficient (Wildman–Crippen LogP) is 2.50. The van der Waals surface area contributed by atoms with Crippen LogP contribution in [-0.4, -0.2) is 42.2 Å². The largest absolute Gasteiger partial charge is 0.491 e. The number of rotatable bonds is 8. The standard InChI is InChI=1S/C15H21NO3/c1-2-16(11-12-7-8-12)9-10-19-14-6-4-3-5-13(14)15(17)18/h3-6,12H,2,7-11H2,1H3,(H,17,18). The maximum atomic E-state index is 11.0. The summed E-state index contributed by atoms with van der Waals surface area (Å²) < 4.78 is 5.61. The summed E-state index contributed by atoms with van der Waals surface area (Å²) in [6.07, 6.45) is 2.69. The van der Waals surface area contributed by atoms with E-state index in [9.17, 15) is 4.79 Å². The van der Waals surface area contributed by atoms with Crippen molar-refractivity contribution in [2.45, 2.75) is 19.8 Å². The minimum atomic E-state index is -0.944. The van der Waals surface area contributed by atoms with Gasteiger partial charge in [0.05, 0.1) is 0 Å². The summed E-state index contributed by atoms with van der Waals surface area (Å²) in [6.45, 7) is 5.68. The predicted molar refractivity (Wildman–Crippen MR) is 73.7 cm³/mol. The van der Waals surface area contributed by atoms with E-state index in [2.05, 4.69) is 11.8 Å². The first-order valence-electron chi connectivity index (χ1n) is 6.88. The lowest BCUT2D eigenvalue weighted by atomic mass is 10.2. The second-order valence-electron chi connectivity index (χ2n) is 4.99. The molecule has 0 radical (unpaired) electrons. The number of benzene rings is 1. The number of carboxylic acid groups (broad SMARTS) is 1. The molecular weight excluding hydrogens is 242 g/mol. The number of ether oxygens (including phenoxy) is 1. The summed E-state index contributed by atoms with van der Waals surface area (Å²) in [5.74, 6) is 0.379. The first-order valence-corrected chi connectivity index (χ1v) is 6.88. The van der Waals surface area contributed by atoms with E-state index in [1.807, 2.05) is 0 Å². The highest BCUT2D eigenvalue weighted by Crippen LogP contribution is 2.29. The van der Waals surface area contributed by atoms with Crippen LogP contribution in [0.2, 0.25) is 0 Å². The minimum Gasteiger partial charge on any atom is -0.491 e. The Hall–Kier alpha value is -1.55. The van der Waals surface area contributed by atoms with Gasteiger partial charge in [0.25, 0.3) is 0 Å². The van der Waals surface area contributed by atoms with E-state index in [0.717, 1.165) is 25.6 Å². The summed E-state index contributed by atoms with van der Waals surface area (Å²) >= 11 is 0. The van der Waals surface area contributed by atoms with Crippen molar-refractivity contribution in [3.63, 3.8) is 0 Å². The van der Waals surface area contributed by atoms with Crippen molar-refractivity contribution in [3.05, 3.63) is 29.8 Å². The molecule has 0 heterocycles. The Morgan fingerprint density at radius 3 is 2.79 bits per heavy atom. The molecule has 19 heavy (non-hydrogen) atoms. The van der Waals surface area contributed by atoms with Gasteiger partial charge < -0.3 is 9.84 Å². The smallest absolute Gasteiger partial charge is 0.339 e. The SMILES string of the molecule is CCN(CCOc1ccccc1C(=O)O)CC1CC1. The molecule has 0 atom stereocenters. The zero-order chi connectivity index (χ0) is 13.7. The fourth-order valence-electron chi connectivity index (χ4n) is 2.10. The van der Waals surface area contributed by atoms with Crippen molar-refractivity contribution in [2.24, 2.45) is 5.92 Å². The van der Waals surface area contributed by atoms with Crippen LogP contribution in [0.25, 0.3) is 0 Å². The molecule has 1 aliphatic carbocycles. The van der Waals surface area contributed by atoms with Crippen molar-refractivity contribution >= 4 is 5.97 Å². The lowest BCUT2D eigenvalue weighted by Gasteiger charge is -2.20. The van der Waals surface area contributed by atoms with Gasteiger partial charge in [0.1, 0.15) is 17.9 Å². The molecule has 1 aliphatic rings. The van der Waals surface area contributed by atoms with E-state index < -0.39 is 5.97 Å². The number of carbonyl (C=O) groups is 1. The fourth-order valence-corrected chi connectivity index (χ4v) is 2.10. The Balaban J connectivity index is 1.82. The van der Waals surface area contributed by atoms with Gasteiger partial charge in [0, 0.05) is 13.1 Å². The van der Waals surface area contributed by atoms with E-state index >= 15 is 0 Å². The number of hydrogen-bond donors (Lipinski definition) is 1. The molecule has 0 unspecified atom stereocenters. The van der Waals surface area contributed by atoms with Gasteiger partial charge in [0.15, 0.2) is 0 Å². The molecule has 1 fully saturated rings. The third kappa shape index (κ3) is 4.24. The average molecular weight is 263 g/mol. The van der Waals surface area contributed by atoms with Crippen LogP contribution in [0.15, 0.2) is 24.3 Å². The Morgan fingerprint density at radius 1 is 1.42 bits per heavy atom. The number of hydrogen-bond acceptors (Lipinski definition) is 3. The van der Waals surface area contributed by atoms with Gasteiger partial charge in [-0.25, -0.2) is 4.79 Å². The molecule has 1 aromatic rings. The molecule has 0 spiro atoms. The molecule has 104 valence electrons. The van der Waals surface area contributed by atoms with Crippen LogP contribution in [0.4, 0.5) is 0 Å². The number of likely N-dealkylation sites (N-methyl/N-ethyl adjacent to an activating group) is 1. The molecule has 0 aromatic heterocycles. The molecule has 4 heteroatoms. The second-order valence-corrected chi connectivity index (χ2v) is 4.99. The fraction of sp³-hybridized carbons (Fsp3) is 0.533. The van der Waals surface area contributed by atoms with Crippen LogP contribution >= 0.6 is 0 Å². The Bertz CT molecular complexity index is 429. The number of aromatic carboxylic acids is 1. The molecule has 4 nitrogen and oxygen atoms in total. The second kappa shape index (κ2) is 6.57. The van der Waals surface area contributed by atoms with Crippen molar-refractivity contribution in [1.29, 1.82) is 0 Å². The van der Waals surface area contributed by atoms with E-state index in [1.165, 1.54) is 12.8 Å². The molecular formula is C15H21NO3. The Morgan fingerprint density at radius 2 is 2.16 bits per heavy atom. The highest BCUT2D eigenvalue weighted by Gasteiger charge is 2.23. The lowest BCUT2D eigenvalue weighted by Crippen LogP contribution is -2.30. The Labute approximate surface area is 114 Å². The van der Waals surface area contributed by atoms with E-state index in [4.69, 9.17) is 9.84 Å². The van der Waals surface area contributed by atoms with Gasteiger partial charge in [-0.15, -0.1) is 0 Å². The van der Waals surface area contributed by atoms with E-state index in [0.29, 0.717) is 12.4 Å². The van der Waals surface area contributed by atoms with Gasteiger partial charge >= 0.3 is 5.97 Å². The zero-order valence-corrected chi connectivity index (χ0v) is 11.3. The summed E-state index contributed by atoms with van der Waals surface area (Å²) in [7, 11) is 0. The first kappa shape index (κ1) is 13.9. The van der Waals surface area contributed by atoms with Crippen molar-refractivity contribution < 1.29 is 14.6 Å². The molecule has 0 saturated heterocycles. The summed E-state index contributed by atoms with van der Waals surface area (Å²) in [5, 5.41) is 9.06. The van der Waals surface area contributed by atoms with Gasteiger partial charge in [-0.2, -0.15) is 0 Å². The van der Waals surface area contributed by atoms with Crippen molar-refractivity contribution in [2.75, 3.05) is 26.2 Å². The third-order valence-corrected chi connectivity index (χ3v) is 3.44. The molecule has 2 rings (SSSR count). The third-order valence-electron chi connectivity index (χ3n) is 3.44. The molecule has 1 aromatic carbocycles. The van der Waals surface area contributed by atoms with Crippen LogP contribution < -0.4 is 4.74 Å². The van der Waals surface area contributed by atoms with Gasteiger partial charge in [-0.05, 0) is 37.4 Å². The topological polar surface area (TPSA) is 49.8 Å². The summed E-state index contributed by atoms with van der Waals surface area (Å²) in [4.78, 5) is 13.4. The number of carboxylic acids is 1. The Kier molecular flexibility index (Phi) is 4.80. The molecule has 0 bridgehead atoms. The van der Waals surface area contributed by atoms with E-state index in [1.54, 1.807) is 24.3 Å². The van der Waals surface area contributed by atoms with Crippen LogP contribution in [0.5, 0.6) is 5.75 Å². The van der Waals surface area contributed by atoms with Crippen LogP contribution in [0.3, 0.4) is 0 Å². The lowest BCUT2D eigenvalue weighted by molar-refractivity contribution is 0.0691. The molecule has 1 saturated carbocycles. The highest BCUT2D eigenvalue weighted by atomic mass is 16.5. The maximum Gasteiger partial charge on any atom is 0.339 e.